The number of pyridine rings is 2. The number of nitrogens with two attached hydrogens (primary N) is 1. The second-order valence-corrected chi connectivity index (χ2v) is 15.1. The minimum absolute atomic E-state index is 0.0566. The summed E-state index contributed by atoms with van der Waals surface area (Å²) in [6, 6.07) is 15.6. The van der Waals surface area contributed by atoms with Crippen LogP contribution in [0.1, 0.15) is 61.1 Å². The number of thioether (sulfide) groups is 1. The van der Waals surface area contributed by atoms with Gasteiger partial charge in [-0.15, -0.1) is 11.8 Å². The van der Waals surface area contributed by atoms with Gasteiger partial charge in [-0.05, 0) is 67.6 Å². The van der Waals surface area contributed by atoms with Gasteiger partial charge in [0.05, 0.1) is 28.4 Å². The molecule has 1 aromatic carbocycles. The van der Waals surface area contributed by atoms with Crippen LogP contribution in [0.4, 0.5) is 5.82 Å². The standard InChI is InChI=1S/C38H45N9O2S/c1-25(2)50-32-12-10-30(21-42-32)34(39)35-26(3)5-11-31(44-35)47-20-16-38(37(47)49)15-19-45(23-38)22-33(48)46-17-13-28(14-18-46)27-6-8-29(9-7-27)36(40)43-24-41-4/h5-13,21,24-25,39H,14-20,22-23H2,1-4H3,(H2,40,41,43)/t38-/m0/s1. The Kier molecular flexibility index (Phi) is 10.6. The quantitative estimate of drug-likeness (QED) is 0.176. The van der Waals surface area contributed by atoms with Crippen molar-refractivity contribution in [3.8, 4) is 0 Å². The molecular weight excluding hydrogens is 647 g/mol. The summed E-state index contributed by atoms with van der Waals surface area (Å²) in [4.78, 5) is 50.5. The molecule has 0 aliphatic carbocycles. The summed E-state index contributed by atoms with van der Waals surface area (Å²) >= 11 is 1.68. The number of hydrogen-bond acceptors (Lipinski definition) is 8. The van der Waals surface area contributed by atoms with Gasteiger partial charge >= 0.3 is 0 Å². The maximum atomic E-state index is 14.0. The highest BCUT2D eigenvalue weighted by atomic mass is 32.2. The Hall–Kier alpha value is -4.68. The summed E-state index contributed by atoms with van der Waals surface area (Å²) in [5, 5.41) is 10.2. The molecule has 2 amide bonds. The molecule has 5 heterocycles. The number of anilines is 1. The number of aryl methyl sites for hydroxylation is 1. The molecule has 1 spiro atoms. The third kappa shape index (κ3) is 7.56. The lowest BCUT2D eigenvalue weighted by molar-refractivity contribution is -0.132. The van der Waals surface area contributed by atoms with Crippen molar-refractivity contribution in [2.75, 3.05) is 51.2 Å². The van der Waals surface area contributed by atoms with Crippen LogP contribution < -0.4 is 10.6 Å². The number of rotatable bonds is 10. The van der Waals surface area contributed by atoms with Crippen LogP contribution in [0.15, 0.2) is 75.8 Å². The minimum atomic E-state index is -0.521. The van der Waals surface area contributed by atoms with Gasteiger partial charge in [0.1, 0.15) is 18.0 Å². The van der Waals surface area contributed by atoms with Crippen LogP contribution in [0.2, 0.25) is 0 Å². The largest absolute Gasteiger partial charge is 0.383 e. The number of nitrogens with zero attached hydrogens (tertiary/aromatic N) is 7. The number of hydrogen-bond donors (Lipinski definition) is 2. The topological polar surface area (TPSA) is 144 Å². The normalized spacial score (nSPS) is 20.1. The van der Waals surface area contributed by atoms with E-state index in [0.717, 1.165) is 41.0 Å². The third-order valence-corrected chi connectivity index (χ3v) is 10.7. The molecule has 0 saturated carbocycles. The Morgan fingerprint density at radius 2 is 1.84 bits per heavy atom. The predicted octanol–water partition coefficient (Wildman–Crippen LogP) is 4.81. The van der Waals surface area contributed by atoms with Gasteiger partial charge in [0.25, 0.3) is 0 Å². The lowest BCUT2D eigenvalue weighted by atomic mass is 9.85. The van der Waals surface area contributed by atoms with E-state index in [9.17, 15) is 9.59 Å². The number of benzene rings is 1. The monoisotopic (exact) mass is 691 g/mol. The first-order valence-electron chi connectivity index (χ1n) is 17.1. The lowest BCUT2D eigenvalue weighted by Crippen LogP contribution is -2.43. The van der Waals surface area contributed by atoms with Crippen molar-refractivity contribution >= 4 is 52.9 Å². The Bertz CT molecular complexity index is 1850. The summed E-state index contributed by atoms with van der Waals surface area (Å²) in [6.07, 6.45) is 7.49. The average molecular weight is 692 g/mol. The molecule has 6 rings (SSSR count). The van der Waals surface area contributed by atoms with Crippen LogP contribution in [-0.4, -0.2) is 101 Å². The summed E-state index contributed by atoms with van der Waals surface area (Å²) < 4.78 is 0. The Labute approximate surface area is 298 Å². The fourth-order valence-corrected chi connectivity index (χ4v) is 7.65. The van der Waals surface area contributed by atoms with E-state index in [1.165, 1.54) is 11.9 Å². The van der Waals surface area contributed by atoms with Gasteiger partial charge in [-0.1, -0.05) is 50.3 Å². The number of carbonyl (C=O) groups is 2. The first kappa shape index (κ1) is 35.2. The lowest BCUT2D eigenvalue weighted by Gasteiger charge is -2.29. The third-order valence-electron chi connectivity index (χ3n) is 9.71. The molecule has 2 fully saturated rings. The molecule has 0 radical (unpaired) electrons. The highest BCUT2D eigenvalue weighted by Gasteiger charge is 2.51. The molecule has 0 bridgehead atoms. The highest BCUT2D eigenvalue weighted by Crippen LogP contribution is 2.42. The van der Waals surface area contributed by atoms with Crippen molar-refractivity contribution in [2.24, 2.45) is 21.1 Å². The molecule has 12 heteroatoms. The number of amidine groups is 1. The Morgan fingerprint density at radius 1 is 1.08 bits per heavy atom. The molecule has 1 atom stereocenters. The number of nitrogens with one attached hydrogen (secondary N) is 1. The maximum absolute atomic E-state index is 14.0. The van der Waals surface area contributed by atoms with E-state index >= 15 is 0 Å². The van der Waals surface area contributed by atoms with Crippen LogP contribution in [0.25, 0.3) is 5.57 Å². The van der Waals surface area contributed by atoms with Crippen LogP contribution in [-0.2, 0) is 9.59 Å². The second kappa shape index (κ2) is 15.1. The molecule has 11 nitrogen and oxygen atoms in total. The Morgan fingerprint density at radius 3 is 2.52 bits per heavy atom. The number of carbonyl (C=O) groups excluding carboxylic acids is 2. The van der Waals surface area contributed by atoms with E-state index in [-0.39, 0.29) is 17.5 Å². The van der Waals surface area contributed by atoms with E-state index < -0.39 is 5.41 Å². The van der Waals surface area contributed by atoms with Gasteiger partial charge in [0.15, 0.2) is 0 Å². The number of aliphatic imine (C=N–C) groups is 2. The van der Waals surface area contributed by atoms with Crippen LogP contribution in [0.3, 0.4) is 0 Å². The fraction of sp³-hybridized carbons (Fsp3) is 0.395. The summed E-state index contributed by atoms with van der Waals surface area (Å²) in [7, 11) is 1.65. The number of aromatic nitrogens is 2. The smallest absolute Gasteiger partial charge is 0.237 e. The molecule has 50 heavy (non-hydrogen) atoms. The van der Waals surface area contributed by atoms with Gasteiger partial charge in [0, 0.05) is 55.8 Å². The number of likely N-dealkylation sites (tertiary alicyclic amines) is 1. The predicted molar refractivity (Wildman–Crippen MR) is 201 cm³/mol. The van der Waals surface area contributed by atoms with Crippen LogP contribution in [0, 0.1) is 17.7 Å². The first-order valence-corrected chi connectivity index (χ1v) is 18.0. The zero-order valence-corrected chi connectivity index (χ0v) is 30.0. The van der Waals surface area contributed by atoms with Crippen molar-refractivity contribution < 1.29 is 9.59 Å². The molecule has 3 aliphatic heterocycles. The molecule has 2 saturated heterocycles. The van der Waals surface area contributed by atoms with E-state index in [1.807, 2.05) is 60.4 Å². The Balaban J connectivity index is 1.05. The molecule has 260 valence electrons. The van der Waals surface area contributed by atoms with E-state index in [1.54, 1.807) is 29.9 Å². The van der Waals surface area contributed by atoms with E-state index in [4.69, 9.17) is 16.1 Å². The van der Waals surface area contributed by atoms with E-state index in [0.29, 0.717) is 67.4 Å². The van der Waals surface area contributed by atoms with Gasteiger partial charge in [0.2, 0.25) is 11.8 Å². The molecule has 3 aromatic rings. The molecule has 3 aliphatic rings. The van der Waals surface area contributed by atoms with Crippen molar-refractivity contribution in [3.63, 3.8) is 0 Å². The fourth-order valence-electron chi connectivity index (χ4n) is 6.91. The summed E-state index contributed by atoms with van der Waals surface area (Å²) in [5.74, 6) is 1.13. The molecule has 3 N–H and O–H groups in total. The average Bonchev–Trinajstić information content (AvgIpc) is 3.68. The van der Waals surface area contributed by atoms with Gasteiger partial charge in [-0.2, -0.15) is 0 Å². The molecule has 0 unspecified atom stereocenters. The summed E-state index contributed by atoms with van der Waals surface area (Å²) in [6.45, 7) is 9.54. The van der Waals surface area contributed by atoms with Gasteiger partial charge < -0.3 is 10.6 Å². The summed E-state index contributed by atoms with van der Waals surface area (Å²) in [5.41, 5.74) is 11.1. The van der Waals surface area contributed by atoms with Crippen molar-refractivity contribution in [1.82, 2.24) is 19.8 Å². The zero-order valence-electron chi connectivity index (χ0n) is 29.2. The van der Waals surface area contributed by atoms with Crippen molar-refractivity contribution in [2.45, 2.75) is 50.3 Å². The van der Waals surface area contributed by atoms with Gasteiger partial charge in [-0.3, -0.25) is 29.8 Å². The highest BCUT2D eigenvalue weighted by molar-refractivity contribution is 7.99. The molecule has 2 aromatic heterocycles. The second-order valence-electron chi connectivity index (χ2n) is 13.5. The van der Waals surface area contributed by atoms with Crippen molar-refractivity contribution in [1.29, 1.82) is 5.41 Å². The van der Waals surface area contributed by atoms with Crippen LogP contribution in [0.5, 0.6) is 0 Å². The minimum Gasteiger partial charge on any atom is -0.383 e. The van der Waals surface area contributed by atoms with E-state index in [2.05, 4.69) is 39.8 Å². The van der Waals surface area contributed by atoms with Crippen molar-refractivity contribution in [3.05, 3.63) is 88.8 Å². The first-order chi connectivity index (χ1) is 24.1. The van der Waals surface area contributed by atoms with Crippen LogP contribution >= 0.6 is 11.8 Å². The molecular formula is C38H45N9O2S. The zero-order chi connectivity index (χ0) is 35.4. The SMILES string of the molecule is CN=CN=C(N)c1ccc(C2=CCN(C(=O)CN3CC[C@]4(CCN(c5ccc(C)c(C(=N)c6ccc(SC(C)C)nc6)n5)C4=O)C3)CC2)cc1. The maximum Gasteiger partial charge on any atom is 0.237 e. The number of amides is 2. The van der Waals surface area contributed by atoms with Gasteiger partial charge in [-0.25, -0.2) is 15.0 Å².